The molecule has 0 radical (unpaired) electrons. The van der Waals surface area contributed by atoms with Gasteiger partial charge in [-0.15, -0.1) is 0 Å². The molecular formula is C17H21NO2. The van der Waals surface area contributed by atoms with Gasteiger partial charge in [-0.05, 0) is 29.7 Å². The van der Waals surface area contributed by atoms with E-state index in [9.17, 15) is 5.11 Å². The van der Waals surface area contributed by atoms with Crippen molar-refractivity contribution in [3.63, 3.8) is 0 Å². The van der Waals surface area contributed by atoms with E-state index in [4.69, 9.17) is 4.74 Å². The Kier molecular flexibility index (Phi) is 5.16. The fourth-order valence-electron chi connectivity index (χ4n) is 2.28. The number of nitrogens with one attached hydrogen (secondary N) is 1. The van der Waals surface area contributed by atoms with Gasteiger partial charge in [0.25, 0.3) is 0 Å². The summed E-state index contributed by atoms with van der Waals surface area (Å²) in [5, 5.41) is 12.9. The molecule has 3 heteroatoms. The Balaban J connectivity index is 2.08. The minimum absolute atomic E-state index is 0.0539. The van der Waals surface area contributed by atoms with Crippen LogP contribution in [0.2, 0.25) is 0 Å². The van der Waals surface area contributed by atoms with E-state index < -0.39 is 0 Å². The van der Waals surface area contributed by atoms with Crippen LogP contribution in [0.4, 0.5) is 0 Å². The first-order chi connectivity index (χ1) is 9.76. The quantitative estimate of drug-likeness (QED) is 0.849. The lowest BCUT2D eigenvalue weighted by Crippen LogP contribution is -2.24. The molecule has 0 aliphatic heterocycles. The number of hydrogen-bond donors (Lipinski definition) is 2. The number of ether oxygens (including phenoxy) is 1. The smallest absolute Gasteiger partial charge is 0.122 e. The zero-order valence-corrected chi connectivity index (χ0v) is 12.0. The number of hydrogen-bond acceptors (Lipinski definition) is 3. The van der Waals surface area contributed by atoms with E-state index in [0.717, 1.165) is 16.9 Å². The molecule has 20 heavy (non-hydrogen) atoms. The van der Waals surface area contributed by atoms with E-state index in [0.29, 0.717) is 6.54 Å². The van der Waals surface area contributed by atoms with Crippen LogP contribution in [0.5, 0.6) is 5.75 Å². The van der Waals surface area contributed by atoms with E-state index in [1.165, 1.54) is 5.56 Å². The second-order valence-electron chi connectivity index (χ2n) is 4.77. The molecule has 2 aromatic rings. The Bertz CT molecular complexity index is 540. The maximum absolute atomic E-state index is 9.54. The lowest BCUT2D eigenvalue weighted by molar-refractivity contribution is 0.243. The minimum atomic E-state index is -0.0539. The minimum Gasteiger partial charge on any atom is -0.496 e. The van der Waals surface area contributed by atoms with Gasteiger partial charge in [-0.1, -0.05) is 42.5 Å². The molecule has 0 heterocycles. The molecule has 1 unspecified atom stereocenters. The summed E-state index contributed by atoms with van der Waals surface area (Å²) < 4.78 is 5.33. The van der Waals surface area contributed by atoms with Gasteiger partial charge < -0.3 is 15.2 Å². The third-order valence-electron chi connectivity index (χ3n) is 3.54. The molecule has 0 aromatic heterocycles. The molecule has 2 aromatic carbocycles. The molecule has 3 nitrogen and oxygen atoms in total. The van der Waals surface area contributed by atoms with Crippen LogP contribution in [0, 0.1) is 6.92 Å². The first-order valence-electron chi connectivity index (χ1n) is 6.78. The summed E-state index contributed by atoms with van der Waals surface area (Å²) in [7, 11) is 1.68. The summed E-state index contributed by atoms with van der Waals surface area (Å²) in [6.07, 6.45) is 0. The molecule has 0 fully saturated rings. The van der Waals surface area contributed by atoms with Gasteiger partial charge >= 0.3 is 0 Å². The monoisotopic (exact) mass is 271 g/mol. The molecule has 0 amide bonds. The first-order valence-corrected chi connectivity index (χ1v) is 6.78. The van der Waals surface area contributed by atoms with Crippen molar-refractivity contribution in [2.75, 3.05) is 13.7 Å². The molecule has 2 N–H and O–H groups in total. The van der Waals surface area contributed by atoms with E-state index >= 15 is 0 Å². The third kappa shape index (κ3) is 3.38. The van der Waals surface area contributed by atoms with E-state index in [1.807, 2.05) is 49.4 Å². The fourth-order valence-corrected chi connectivity index (χ4v) is 2.28. The van der Waals surface area contributed by atoms with Gasteiger partial charge in [0.05, 0.1) is 19.8 Å². The molecule has 0 bridgehead atoms. The predicted octanol–water partition coefficient (Wildman–Crippen LogP) is 2.83. The molecule has 0 saturated carbocycles. The molecule has 0 saturated heterocycles. The van der Waals surface area contributed by atoms with Crippen molar-refractivity contribution in [2.24, 2.45) is 0 Å². The van der Waals surface area contributed by atoms with Crippen LogP contribution in [-0.2, 0) is 6.54 Å². The maximum atomic E-state index is 9.54. The van der Waals surface area contributed by atoms with Crippen LogP contribution in [0.3, 0.4) is 0 Å². The van der Waals surface area contributed by atoms with Gasteiger partial charge in [0, 0.05) is 6.54 Å². The predicted molar refractivity (Wildman–Crippen MR) is 80.8 cm³/mol. The lowest BCUT2D eigenvalue weighted by Gasteiger charge is -2.18. The highest BCUT2D eigenvalue weighted by Gasteiger charge is 2.10. The van der Waals surface area contributed by atoms with Crippen molar-refractivity contribution < 1.29 is 9.84 Å². The second-order valence-corrected chi connectivity index (χ2v) is 4.77. The summed E-state index contributed by atoms with van der Waals surface area (Å²) in [5.74, 6) is 0.893. The van der Waals surface area contributed by atoms with Gasteiger partial charge in [-0.25, -0.2) is 0 Å². The van der Waals surface area contributed by atoms with Crippen molar-refractivity contribution >= 4 is 0 Å². The number of aliphatic hydroxyl groups excluding tert-OH is 1. The Hall–Kier alpha value is -1.84. The summed E-state index contributed by atoms with van der Waals surface area (Å²) in [6.45, 7) is 2.82. The highest BCUT2D eigenvalue weighted by atomic mass is 16.5. The highest BCUT2D eigenvalue weighted by Crippen LogP contribution is 2.21. The molecule has 0 spiro atoms. The van der Waals surface area contributed by atoms with Crippen molar-refractivity contribution in [2.45, 2.75) is 19.5 Å². The van der Waals surface area contributed by atoms with Crippen molar-refractivity contribution in [3.05, 3.63) is 65.2 Å². The zero-order chi connectivity index (χ0) is 14.4. The normalized spacial score (nSPS) is 12.2. The van der Waals surface area contributed by atoms with E-state index in [1.54, 1.807) is 7.11 Å². The molecule has 2 rings (SSSR count). The summed E-state index contributed by atoms with van der Waals surface area (Å²) in [5.41, 5.74) is 3.40. The van der Waals surface area contributed by atoms with E-state index in [2.05, 4.69) is 11.4 Å². The van der Waals surface area contributed by atoms with Crippen LogP contribution < -0.4 is 10.1 Å². The standard InChI is InChI=1S/C17H21NO2/c1-13-15(9-6-10-17(13)20-2)11-18-16(12-19)14-7-4-3-5-8-14/h3-10,16,18-19H,11-12H2,1-2H3. The summed E-state index contributed by atoms with van der Waals surface area (Å²) >= 11 is 0. The van der Waals surface area contributed by atoms with Gasteiger partial charge in [-0.2, -0.15) is 0 Å². The Morgan fingerprint density at radius 1 is 1.10 bits per heavy atom. The van der Waals surface area contributed by atoms with Gasteiger partial charge in [0.2, 0.25) is 0 Å². The molecule has 0 aliphatic carbocycles. The second kappa shape index (κ2) is 7.08. The Labute approximate surface area is 120 Å². The number of rotatable bonds is 6. The SMILES string of the molecule is COc1cccc(CNC(CO)c2ccccc2)c1C. The molecule has 1 atom stereocenters. The van der Waals surface area contributed by atoms with Gasteiger partial charge in [0.15, 0.2) is 0 Å². The fraction of sp³-hybridized carbons (Fsp3) is 0.294. The maximum Gasteiger partial charge on any atom is 0.122 e. The summed E-state index contributed by atoms with van der Waals surface area (Å²) in [4.78, 5) is 0. The molecule has 106 valence electrons. The van der Waals surface area contributed by atoms with Crippen molar-refractivity contribution in [1.82, 2.24) is 5.32 Å². The summed E-state index contributed by atoms with van der Waals surface area (Å²) in [6, 6.07) is 15.9. The Morgan fingerprint density at radius 2 is 1.85 bits per heavy atom. The van der Waals surface area contributed by atoms with E-state index in [-0.39, 0.29) is 12.6 Å². The topological polar surface area (TPSA) is 41.5 Å². The largest absolute Gasteiger partial charge is 0.496 e. The van der Waals surface area contributed by atoms with Crippen molar-refractivity contribution in [1.29, 1.82) is 0 Å². The van der Waals surface area contributed by atoms with Gasteiger partial charge in [-0.3, -0.25) is 0 Å². The van der Waals surface area contributed by atoms with Crippen molar-refractivity contribution in [3.8, 4) is 5.75 Å². The van der Waals surface area contributed by atoms with Crippen LogP contribution in [0.25, 0.3) is 0 Å². The number of aliphatic hydroxyl groups is 1. The average molecular weight is 271 g/mol. The number of methoxy groups -OCH3 is 1. The first kappa shape index (κ1) is 14.6. The van der Waals surface area contributed by atoms with Crippen LogP contribution in [0.1, 0.15) is 22.7 Å². The van der Waals surface area contributed by atoms with Crippen LogP contribution in [0.15, 0.2) is 48.5 Å². The molecular weight excluding hydrogens is 250 g/mol. The third-order valence-corrected chi connectivity index (χ3v) is 3.54. The lowest BCUT2D eigenvalue weighted by atomic mass is 10.1. The van der Waals surface area contributed by atoms with Crippen LogP contribution >= 0.6 is 0 Å². The van der Waals surface area contributed by atoms with Gasteiger partial charge in [0.1, 0.15) is 5.75 Å². The zero-order valence-electron chi connectivity index (χ0n) is 12.0. The van der Waals surface area contributed by atoms with Crippen LogP contribution in [-0.4, -0.2) is 18.8 Å². The highest BCUT2D eigenvalue weighted by molar-refractivity contribution is 5.39. The molecule has 0 aliphatic rings. The number of benzene rings is 2. The average Bonchev–Trinajstić information content (AvgIpc) is 2.50. The Morgan fingerprint density at radius 3 is 2.50 bits per heavy atom.